The summed E-state index contributed by atoms with van der Waals surface area (Å²) >= 11 is 3.36. The SMILES string of the molecule is Cc1cc(Br)cc(N)c1OCc1ccc(F)c(C#N)c1. The highest BCUT2D eigenvalue weighted by Crippen LogP contribution is 2.30. The third-order valence-corrected chi connectivity index (χ3v) is 3.26. The molecule has 0 radical (unpaired) electrons. The molecule has 0 saturated carbocycles. The highest BCUT2D eigenvalue weighted by Gasteiger charge is 2.08. The second-order valence-electron chi connectivity index (χ2n) is 4.36. The topological polar surface area (TPSA) is 59.0 Å². The number of nitrogen functional groups attached to an aromatic ring is 1. The predicted molar refractivity (Wildman–Crippen MR) is 78.7 cm³/mol. The average molecular weight is 335 g/mol. The van der Waals surface area contributed by atoms with Crippen molar-refractivity contribution in [2.24, 2.45) is 0 Å². The number of nitrogens with zero attached hydrogens (tertiary/aromatic N) is 1. The second kappa shape index (κ2) is 5.93. The zero-order chi connectivity index (χ0) is 14.7. The van der Waals surface area contributed by atoms with E-state index in [2.05, 4.69) is 15.9 Å². The smallest absolute Gasteiger partial charge is 0.145 e. The highest BCUT2D eigenvalue weighted by atomic mass is 79.9. The number of halogens is 2. The Labute approximate surface area is 124 Å². The molecule has 2 N–H and O–H groups in total. The van der Waals surface area contributed by atoms with Crippen LogP contribution >= 0.6 is 15.9 Å². The van der Waals surface area contributed by atoms with Crippen LogP contribution < -0.4 is 10.5 Å². The van der Waals surface area contributed by atoms with Crippen LogP contribution in [0.25, 0.3) is 0 Å². The molecule has 0 heterocycles. The van der Waals surface area contributed by atoms with Gasteiger partial charge in [0.1, 0.15) is 24.2 Å². The fourth-order valence-corrected chi connectivity index (χ4v) is 2.45. The Kier molecular flexibility index (Phi) is 4.26. The number of ether oxygens (including phenoxy) is 1. The summed E-state index contributed by atoms with van der Waals surface area (Å²) in [5.41, 5.74) is 8.05. The molecule has 0 aliphatic rings. The molecule has 3 nitrogen and oxygen atoms in total. The van der Waals surface area contributed by atoms with Gasteiger partial charge in [-0.25, -0.2) is 4.39 Å². The minimum absolute atomic E-state index is 0.00611. The Bertz CT molecular complexity index is 672. The van der Waals surface area contributed by atoms with Gasteiger partial charge in [-0.1, -0.05) is 22.0 Å². The van der Waals surface area contributed by atoms with E-state index in [4.69, 9.17) is 15.7 Å². The molecule has 0 amide bonds. The number of hydrogen-bond acceptors (Lipinski definition) is 3. The summed E-state index contributed by atoms with van der Waals surface area (Å²) in [5, 5.41) is 8.79. The largest absolute Gasteiger partial charge is 0.486 e. The number of hydrogen-bond donors (Lipinski definition) is 1. The van der Waals surface area contributed by atoms with Crippen molar-refractivity contribution in [3.05, 3.63) is 57.3 Å². The molecule has 20 heavy (non-hydrogen) atoms. The minimum Gasteiger partial charge on any atom is -0.486 e. The van der Waals surface area contributed by atoms with Crippen LogP contribution in [-0.2, 0) is 6.61 Å². The molecule has 0 aliphatic heterocycles. The second-order valence-corrected chi connectivity index (χ2v) is 5.27. The van der Waals surface area contributed by atoms with E-state index in [0.29, 0.717) is 17.0 Å². The fourth-order valence-electron chi connectivity index (χ4n) is 1.86. The predicted octanol–water partition coefficient (Wildman–Crippen LogP) is 3.93. The lowest BCUT2D eigenvalue weighted by Crippen LogP contribution is -2.01. The van der Waals surface area contributed by atoms with E-state index >= 15 is 0 Å². The molecular formula is C15H12BrFN2O. The maximum atomic E-state index is 13.2. The van der Waals surface area contributed by atoms with Crippen LogP contribution in [0.5, 0.6) is 5.75 Å². The van der Waals surface area contributed by atoms with Crippen LogP contribution in [0.1, 0.15) is 16.7 Å². The van der Waals surface area contributed by atoms with Crippen LogP contribution in [0.4, 0.5) is 10.1 Å². The van der Waals surface area contributed by atoms with Crippen molar-refractivity contribution in [3.63, 3.8) is 0 Å². The first kappa shape index (κ1) is 14.4. The lowest BCUT2D eigenvalue weighted by molar-refractivity contribution is 0.305. The van der Waals surface area contributed by atoms with Gasteiger partial charge in [-0.2, -0.15) is 5.26 Å². The van der Waals surface area contributed by atoms with Crippen molar-refractivity contribution in [3.8, 4) is 11.8 Å². The molecule has 0 fully saturated rings. The average Bonchev–Trinajstić information content (AvgIpc) is 2.39. The van der Waals surface area contributed by atoms with Crippen molar-refractivity contribution in [1.29, 1.82) is 5.26 Å². The van der Waals surface area contributed by atoms with E-state index in [0.717, 1.165) is 10.0 Å². The number of benzene rings is 2. The lowest BCUT2D eigenvalue weighted by Gasteiger charge is -2.12. The minimum atomic E-state index is -0.532. The summed E-state index contributed by atoms with van der Waals surface area (Å²) in [6.45, 7) is 2.11. The molecule has 0 saturated heterocycles. The van der Waals surface area contributed by atoms with E-state index in [1.54, 1.807) is 18.2 Å². The zero-order valence-corrected chi connectivity index (χ0v) is 12.4. The van der Waals surface area contributed by atoms with Gasteiger partial charge in [0.25, 0.3) is 0 Å². The van der Waals surface area contributed by atoms with Gasteiger partial charge in [0.15, 0.2) is 0 Å². The van der Waals surface area contributed by atoms with Crippen LogP contribution in [0, 0.1) is 24.1 Å². The molecule has 0 spiro atoms. The van der Waals surface area contributed by atoms with E-state index in [9.17, 15) is 4.39 Å². The van der Waals surface area contributed by atoms with Gasteiger partial charge >= 0.3 is 0 Å². The van der Waals surface area contributed by atoms with Crippen molar-refractivity contribution >= 4 is 21.6 Å². The van der Waals surface area contributed by atoms with E-state index < -0.39 is 5.82 Å². The van der Waals surface area contributed by atoms with Crippen LogP contribution in [0.2, 0.25) is 0 Å². The normalized spacial score (nSPS) is 10.1. The summed E-state index contributed by atoms with van der Waals surface area (Å²) in [6.07, 6.45) is 0. The summed E-state index contributed by atoms with van der Waals surface area (Å²) in [6, 6.07) is 9.77. The molecule has 5 heteroatoms. The van der Waals surface area contributed by atoms with Crippen molar-refractivity contribution in [2.75, 3.05) is 5.73 Å². The van der Waals surface area contributed by atoms with Crippen LogP contribution in [0.3, 0.4) is 0 Å². The Morgan fingerprint density at radius 1 is 1.35 bits per heavy atom. The number of aryl methyl sites for hydroxylation is 1. The molecule has 0 aromatic heterocycles. The first-order valence-electron chi connectivity index (χ1n) is 5.88. The van der Waals surface area contributed by atoms with Gasteiger partial charge in [0.05, 0.1) is 11.3 Å². The molecule has 102 valence electrons. The van der Waals surface area contributed by atoms with Gasteiger partial charge in [-0.15, -0.1) is 0 Å². The molecule has 0 aliphatic carbocycles. The standard InChI is InChI=1S/C15H12BrFN2O/c1-9-4-12(16)6-14(19)15(9)20-8-10-2-3-13(17)11(5-10)7-18/h2-6H,8,19H2,1H3. The zero-order valence-electron chi connectivity index (χ0n) is 10.8. The summed E-state index contributed by atoms with van der Waals surface area (Å²) in [7, 11) is 0. The van der Waals surface area contributed by atoms with Gasteiger partial charge < -0.3 is 10.5 Å². The number of rotatable bonds is 3. The van der Waals surface area contributed by atoms with Crippen molar-refractivity contribution < 1.29 is 9.13 Å². The van der Waals surface area contributed by atoms with E-state index in [1.807, 2.05) is 13.0 Å². The van der Waals surface area contributed by atoms with Gasteiger partial charge in [-0.05, 0) is 42.3 Å². The number of anilines is 1. The first-order valence-corrected chi connectivity index (χ1v) is 6.67. The molecular weight excluding hydrogens is 323 g/mol. The monoisotopic (exact) mass is 334 g/mol. The van der Waals surface area contributed by atoms with Crippen molar-refractivity contribution in [1.82, 2.24) is 0 Å². The Morgan fingerprint density at radius 3 is 2.75 bits per heavy atom. The van der Waals surface area contributed by atoms with E-state index in [-0.39, 0.29) is 12.2 Å². The highest BCUT2D eigenvalue weighted by molar-refractivity contribution is 9.10. The van der Waals surface area contributed by atoms with E-state index in [1.165, 1.54) is 12.1 Å². The molecule has 2 aromatic rings. The first-order chi connectivity index (χ1) is 9.51. The Balaban J connectivity index is 2.20. The molecule has 2 rings (SSSR count). The maximum Gasteiger partial charge on any atom is 0.145 e. The quantitative estimate of drug-likeness (QED) is 0.865. The number of nitrogens with two attached hydrogens (primary N) is 1. The van der Waals surface area contributed by atoms with Gasteiger partial charge in [-0.3, -0.25) is 0 Å². The third-order valence-electron chi connectivity index (χ3n) is 2.80. The summed E-state index contributed by atoms with van der Waals surface area (Å²) < 4.78 is 19.8. The lowest BCUT2D eigenvalue weighted by atomic mass is 10.1. The number of nitriles is 1. The summed E-state index contributed by atoms with van der Waals surface area (Å²) in [5.74, 6) is 0.0617. The van der Waals surface area contributed by atoms with Crippen LogP contribution in [-0.4, -0.2) is 0 Å². The Hall–Kier alpha value is -2.06. The third kappa shape index (κ3) is 3.09. The van der Waals surface area contributed by atoms with Gasteiger partial charge in [0.2, 0.25) is 0 Å². The molecule has 0 atom stereocenters. The Morgan fingerprint density at radius 2 is 2.10 bits per heavy atom. The molecule has 2 aromatic carbocycles. The summed E-state index contributed by atoms with van der Waals surface area (Å²) in [4.78, 5) is 0. The maximum absolute atomic E-state index is 13.2. The van der Waals surface area contributed by atoms with Crippen molar-refractivity contribution in [2.45, 2.75) is 13.5 Å². The fraction of sp³-hybridized carbons (Fsp3) is 0.133. The molecule has 0 unspecified atom stereocenters. The van der Waals surface area contributed by atoms with Crippen LogP contribution in [0.15, 0.2) is 34.8 Å². The van der Waals surface area contributed by atoms with Gasteiger partial charge in [0, 0.05) is 4.47 Å². The molecule has 0 bridgehead atoms.